The van der Waals surface area contributed by atoms with Crippen LogP contribution in [0.3, 0.4) is 0 Å². The van der Waals surface area contributed by atoms with Gasteiger partial charge in [-0.05, 0) is 82.0 Å². The van der Waals surface area contributed by atoms with Gasteiger partial charge < -0.3 is 19.7 Å². The summed E-state index contributed by atoms with van der Waals surface area (Å²) in [6.07, 6.45) is 0.480. The maximum absolute atomic E-state index is 13.4. The summed E-state index contributed by atoms with van der Waals surface area (Å²) in [4.78, 5) is 28.0. The van der Waals surface area contributed by atoms with Gasteiger partial charge in [-0.2, -0.15) is 0 Å². The third-order valence-corrected chi connectivity index (χ3v) is 6.39. The number of nitrogens with zero attached hydrogens (tertiary/aromatic N) is 1. The van der Waals surface area contributed by atoms with Crippen LogP contribution in [0.25, 0.3) is 0 Å². The zero-order valence-electron chi connectivity index (χ0n) is 20.6. The Morgan fingerprint density at radius 1 is 1.09 bits per heavy atom. The molecule has 180 valence electrons. The van der Waals surface area contributed by atoms with Gasteiger partial charge in [-0.1, -0.05) is 35.0 Å². The molecule has 2 rings (SSSR count). The number of halogens is 1. The van der Waals surface area contributed by atoms with Crippen molar-refractivity contribution in [3.63, 3.8) is 0 Å². The van der Waals surface area contributed by atoms with Crippen LogP contribution in [0.15, 0.2) is 40.9 Å². The van der Waals surface area contributed by atoms with Crippen LogP contribution in [-0.4, -0.2) is 42.0 Å². The van der Waals surface area contributed by atoms with Crippen LogP contribution in [0.5, 0.6) is 11.5 Å². The van der Waals surface area contributed by atoms with Gasteiger partial charge in [0.25, 0.3) is 5.91 Å². The van der Waals surface area contributed by atoms with E-state index in [1.807, 2.05) is 77.9 Å². The largest absolute Gasteiger partial charge is 0.497 e. The molecule has 0 unspecified atom stereocenters. The first kappa shape index (κ1) is 26.7. The highest BCUT2D eigenvalue weighted by molar-refractivity contribution is 9.10. The molecule has 33 heavy (non-hydrogen) atoms. The van der Waals surface area contributed by atoms with Crippen molar-refractivity contribution < 1.29 is 19.1 Å². The summed E-state index contributed by atoms with van der Waals surface area (Å²) in [5.74, 6) is 0.878. The van der Waals surface area contributed by atoms with Gasteiger partial charge in [-0.15, -0.1) is 0 Å². The summed E-state index contributed by atoms with van der Waals surface area (Å²) in [6.45, 7) is 11.7. The number of hydrogen-bond donors (Lipinski definition) is 1. The molecular weight excluding hydrogens is 484 g/mol. The van der Waals surface area contributed by atoms with E-state index in [0.29, 0.717) is 17.9 Å². The molecule has 0 radical (unpaired) electrons. The second-order valence-corrected chi connectivity index (χ2v) is 9.99. The van der Waals surface area contributed by atoms with Crippen molar-refractivity contribution in [2.75, 3.05) is 13.7 Å². The topological polar surface area (TPSA) is 67.9 Å². The van der Waals surface area contributed by atoms with Gasteiger partial charge in [0.2, 0.25) is 5.91 Å². The molecular formula is C26H35BrN2O4. The van der Waals surface area contributed by atoms with Gasteiger partial charge >= 0.3 is 0 Å². The maximum Gasteiger partial charge on any atom is 0.261 e. The Hall–Kier alpha value is -2.54. The van der Waals surface area contributed by atoms with Crippen molar-refractivity contribution in [2.45, 2.75) is 66.1 Å². The summed E-state index contributed by atoms with van der Waals surface area (Å²) >= 11 is 3.55. The van der Waals surface area contributed by atoms with Crippen LogP contribution in [0.1, 0.15) is 50.8 Å². The van der Waals surface area contributed by atoms with E-state index in [1.54, 1.807) is 12.0 Å². The predicted octanol–water partition coefficient (Wildman–Crippen LogP) is 5.18. The predicted molar refractivity (Wildman–Crippen MR) is 135 cm³/mol. The number of benzene rings is 2. The molecule has 0 saturated heterocycles. The highest BCUT2D eigenvalue weighted by Gasteiger charge is 2.31. The molecule has 0 aliphatic rings. The molecule has 0 spiro atoms. The summed E-state index contributed by atoms with van der Waals surface area (Å²) in [6, 6.07) is 10.7. The van der Waals surface area contributed by atoms with E-state index in [4.69, 9.17) is 9.47 Å². The maximum atomic E-state index is 13.4. The molecule has 1 N–H and O–H groups in total. The minimum Gasteiger partial charge on any atom is -0.497 e. The molecule has 0 aliphatic carbocycles. The number of ether oxygens (including phenoxy) is 2. The van der Waals surface area contributed by atoms with E-state index in [1.165, 1.54) is 0 Å². The van der Waals surface area contributed by atoms with Crippen LogP contribution in [0.2, 0.25) is 0 Å². The Bertz CT molecular complexity index is 961. The van der Waals surface area contributed by atoms with Crippen LogP contribution in [0, 0.1) is 13.8 Å². The minimum atomic E-state index is -0.625. The molecule has 2 amide bonds. The lowest BCUT2D eigenvalue weighted by Crippen LogP contribution is -2.54. The van der Waals surface area contributed by atoms with Crippen molar-refractivity contribution in [2.24, 2.45) is 0 Å². The summed E-state index contributed by atoms with van der Waals surface area (Å²) in [7, 11) is 1.60. The van der Waals surface area contributed by atoms with Crippen LogP contribution >= 0.6 is 15.9 Å². The molecule has 0 aliphatic heterocycles. The van der Waals surface area contributed by atoms with E-state index >= 15 is 0 Å². The molecule has 2 aromatic rings. The van der Waals surface area contributed by atoms with E-state index in [0.717, 1.165) is 21.2 Å². The van der Waals surface area contributed by atoms with Gasteiger partial charge in [-0.3, -0.25) is 9.59 Å². The number of aryl methyl sites for hydroxylation is 2. The minimum absolute atomic E-state index is 0.163. The fourth-order valence-electron chi connectivity index (χ4n) is 3.56. The molecule has 6 nitrogen and oxygen atoms in total. The number of methoxy groups -OCH3 is 1. The van der Waals surface area contributed by atoms with Crippen molar-refractivity contribution in [1.29, 1.82) is 0 Å². The number of amides is 2. The molecule has 7 heteroatoms. The summed E-state index contributed by atoms with van der Waals surface area (Å²) in [5.41, 5.74) is 2.53. The first-order chi connectivity index (χ1) is 15.4. The number of carbonyl (C=O) groups excluding carboxylic acids is 2. The lowest BCUT2D eigenvalue weighted by molar-refractivity contribution is -0.143. The van der Waals surface area contributed by atoms with Gasteiger partial charge in [0.15, 0.2) is 6.61 Å². The standard InChI is InChI=1S/C26H35BrN2O4/c1-8-22(25(31)28-26(4,5)6)29(15-19-10-9-11-20(14-19)32-7)23(30)16-33-21-12-17(2)24(27)18(3)13-21/h9-14,22H,8,15-16H2,1-7H3,(H,28,31)/t22-/m0/s1. The Morgan fingerprint density at radius 3 is 2.27 bits per heavy atom. The molecule has 0 saturated carbocycles. The van der Waals surface area contributed by atoms with Gasteiger partial charge in [0.05, 0.1) is 7.11 Å². The average molecular weight is 519 g/mol. The number of hydrogen-bond acceptors (Lipinski definition) is 4. The monoisotopic (exact) mass is 518 g/mol. The third kappa shape index (κ3) is 7.77. The molecule has 0 bridgehead atoms. The van der Waals surface area contributed by atoms with E-state index in [2.05, 4.69) is 21.2 Å². The average Bonchev–Trinajstić information content (AvgIpc) is 2.74. The lowest BCUT2D eigenvalue weighted by Gasteiger charge is -2.33. The van der Waals surface area contributed by atoms with Gasteiger partial charge in [0.1, 0.15) is 17.5 Å². The van der Waals surface area contributed by atoms with Crippen molar-refractivity contribution in [3.8, 4) is 11.5 Å². The van der Waals surface area contributed by atoms with E-state index < -0.39 is 11.6 Å². The van der Waals surface area contributed by atoms with Crippen molar-refractivity contribution in [1.82, 2.24) is 10.2 Å². The molecule has 1 atom stereocenters. The summed E-state index contributed by atoms with van der Waals surface area (Å²) in [5, 5.41) is 3.01. The third-order valence-electron chi connectivity index (χ3n) is 5.14. The first-order valence-electron chi connectivity index (χ1n) is 11.1. The van der Waals surface area contributed by atoms with Crippen LogP contribution < -0.4 is 14.8 Å². The van der Waals surface area contributed by atoms with Crippen molar-refractivity contribution >= 4 is 27.7 Å². The number of rotatable bonds is 9. The first-order valence-corrected chi connectivity index (χ1v) is 11.9. The normalized spacial score (nSPS) is 12.1. The Kier molecular flexibility index (Phi) is 9.35. The smallest absolute Gasteiger partial charge is 0.261 e. The van der Waals surface area contributed by atoms with Crippen molar-refractivity contribution in [3.05, 3.63) is 57.6 Å². The fraction of sp³-hybridized carbons (Fsp3) is 0.462. The Morgan fingerprint density at radius 2 is 1.73 bits per heavy atom. The Labute approximate surface area is 205 Å². The van der Waals surface area contributed by atoms with Crippen LogP contribution in [0.4, 0.5) is 0 Å². The second-order valence-electron chi connectivity index (χ2n) is 9.20. The lowest BCUT2D eigenvalue weighted by atomic mass is 10.1. The highest BCUT2D eigenvalue weighted by atomic mass is 79.9. The SMILES string of the molecule is CC[C@@H](C(=O)NC(C)(C)C)N(Cc1cccc(OC)c1)C(=O)COc1cc(C)c(Br)c(C)c1. The van der Waals surface area contributed by atoms with E-state index in [-0.39, 0.29) is 25.0 Å². The van der Waals surface area contributed by atoms with Crippen LogP contribution in [-0.2, 0) is 16.1 Å². The molecule has 0 aromatic heterocycles. The highest BCUT2D eigenvalue weighted by Crippen LogP contribution is 2.26. The van der Waals surface area contributed by atoms with Gasteiger partial charge in [0, 0.05) is 16.6 Å². The fourth-order valence-corrected chi connectivity index (χ4v) is 3.79. The zero-order chi connectivity index (χ0) is 24.8. The van der Waals surface area contributed by atoms with E-state index in [9.17, 15) is 9.59 Å². The number of nitrogens with one attached hydrogen (secondary N) is 1. The molecule has 0 fully saturated rings. The number of carbonyl (C=O) groups is 2. The second kappa shape index (κ2) is 11.5. The summed E-state index contributed by atoms with van der Waals surface area (Å²) < 4.78 is 12.2. The quantitative estimate of drug-likeness (QED) is 0.496. The van der Waals surface area contributed by atoms with Gasteiger partial charge in [-0.25, -0.2) is 0 Å². The zero-order valence-corrected chi connectivity index (χ0v) is 22.2. The Balaban J connectivity index is 2.29. The molecule has 0 heterocycles. The molecule has 2 aromatic carbocycles.